The standard InChI is InChI=1S/C18H18F3N3OS/c1-12(2)10-24-16(15-7-4-8-25-15)22-23-17(24)26-11-13-5-3-6-14(9-13)18(19,20)21/h3-9,12H,10-11H2,1-2H3. The minimum Gasteiger partial charge on any atom is -0.461 e. The maximum absolute atomic E-state index is 12.9. The van der Waals surface area contributed by atoms with Crippen molar-refractivity contribution in [1.29, 1.82) is 0 Å². The second kappa shape index (κ2) is 7.57. The molecule has 0 fully saturated rings. The second-order valence-electron chi connectivity index (χ2n) is 6.27. The number of benzene rings is 1. The third-order valence-electron chi connectivity index (χ3n) is 3.63. The van der Waals surface area contributed by atoms with Crippen LogP contribution in [0.2, 0.25) is 0 Å². The number of halogens is 3. The molecule has 0 spiro atoms. The van der Waals surface area contributed by atoms with Crippen molar-refractivity contribution in [2.24, 2.45) is 5.92 Å². The van der Waals surface area contributed by atoms with E-state index in [9.17, 15) is 13.2 Å². The lowest BCUT2D eigenvalue weighted by Gasteiger charge is -2.12. The van der Waals surface area contributed by atoms with Crippen LogP contribution in [0.1, 0.15) is 25.0 Å². The molecule has 8 heteroatoms. The summed E-state index contributed by atoms with van der Waals surface area (Å²) in [6, 6.07) is 8.93. The number of hydrogen-bond donors (Lipinski definition) is 0. The van der Waals surface area contributed by atoms with Crippen molar-refractivity contribution in [3.8, 4) is 11.6 Å². The van der Waals surface area contributed by atoms with Crippen molar-refractivity contribution in [3.63, 3.8) is 0 Å². The highest BCUT2D eigenvalue weighted by Gasteiger charge is 2.30. The lowest BCUT2D eigenvalue weighted by atomic mass is 10.1. The quantitative estimate of drug-likeness (QED) is 0.529. The van der Waals surface area contributed by atoms with E-state index in [0.717, 1.165) is 6.07 Å². The van der Waals surface area contributed by atoms with Gasteiger partial charge in [-0.25, -0.2) is 0 Å². The Morgan fingerprint density at radius 3 is 2.62 bits per heavy atom. The Morgan fingerprint density at radius 1 is 1.15 bits per heavy atom. The molecular weight excluding hydrogens is 363 g/mol. The first kappa shape index (κ1) is 18.6. The fourth-order valence-electron chi connectivity index (χ4n) is 2.50. The van der Waals surface area contributed by atoms with Gasteiger partial charge >= 0.3 is 6.18 Å². The summed E-state index contributed by atoms with van der Waals surface area (Å²) >= 11 is 1.36. The van der Waals surface area contributed by atoms with Gasteiger partial charge in [-0.05, 0) is 29.7 Å². The van der Waals surface area contributed by atoms with Crippen LogP contribution >= 0.6 is 11.8 Å². The van der Waals surface area contributed by atoms with Crippen LogP contribution in [0, 0.1) is 5.92 Å². The van der Waals surface area contributed by atoms with Crippen LogP contribution in [0.5, 0.6) is 0 Å². The van der Waals surface area contributed by atoms with E-state index in [1.807, 2.05) is 10.6 Å². The van der Waals surface area contributed by atoms with E-state index in [1.54, 1.807) is 18.4 Å². The largest absolute Gasteiger partial charge is 0.461 e. The maximum Gasteiger partial charge on any atom is 0.416 e. The van der Waals surface area contributed by atoms with Crippen LogP contribution < -0.4 is 0 Å². The van der Waals surface area contributed by atoms with Gasteiger partial charge in [-0.1, -0.05) is 43.8 Å². The fraction of sp³-hybridized carbons (Fsp3) is 0.333. The molecule has 3 aromatic rings. The molecule has 0 saturated heterocycles. The van der Waals surface area contributed by atoms with E-state index in [4.69, 9.17) is 4.42 Å². The van der Waals surface area contributed by atoms with E-state index in [0.29, 0.717) is 40.5 Å². The van der Waals surface area contributed by atoms with Crippen LogP contribution in [0.25, 0.3) is 11.6 Å². The summed E-state index contributed by atoms with van der Waals surface area (Å²) in [6.07, 6.45) is -2.77. The lowest BCUT2D eigenvalue weighted by Crippen LogP contribution is -2.08. The maximum atomic E-state index is 12.9. The van der Waals surface area contributed by atoms with Crippen LogP contribution in [0.3, 0.4) is 0 Å². The summed E-state index contributed by atoms with van der Waals surface area (Å²) in [4.78, 5) is 0. The average molecular weight is 381 g/mol. The SMILES string of the molecule is CC(C)Cn1c(SCc2cccc(C(F)(F)F)c2)nnc1-c1ccco1. The fourth-order valence-corrected chi connectivity index (χ4v) is 3.39. The van der Waals surface area contributed by atoms with Crippen LogP contribution in [0.15, 0.2) is 52.2 Å². The molecule has 0 saturated carbocycles. The van der Waals surface area contributed by atoms with E-state index in [-0.39, 0.29) is 0 Å². The Kier molecular flexibility index (Phi) is 5.41. The molecule has 0 N–H and O–H groups in total. The van der Waals surface area contributed by atoms with Crippen molar-refractivity contribution in [3.05, 3.63) is 53.8 Å². The number of thioether (sulfide) groups is 1. The molecule has 1 aromatic carbocycles. The first-order valence-corrected chi connectivity index (χ1v) is 9.09. The predicted octanol–water partition coefficient (Wildman–Crippen LogP) is 5.51. The summed E-state index contributed by atoms with van der Waals surface area (Å²) in [5, 5.41) is 9.06. The molecule has 0 radical (unpaired) electrons. The summed E-state index contributed by atoms with van der Waals surface area (Å²) in [7, 11) is 0. The van der Waals surface area contributed by atoms with Gasteiger partial charge in [0.2, 0.25) is 0 Å². The molecule has 0 bridgehead atoms. The Morgan fingerprint density at radius 2 is 1.96 bits per heavy atom. The normalized spacial score (nSPS) is 12.1. The van der Waals surface area contributed by atoms with Gasteiger partial charge in [-0.2, -0.15) is 13.2 Å². The first-order valence-electron chi connectivity index (χ1n) is 8.10. The van der Waals surface area contributed by atoms with Gasteiger partial charge in [0.05, 0.1) is 11.8 Å². The molecule has 138 valence electrons. The zero-order valence-electron chi connectivity index (χ0n) is 14.3. The zero-order valence-corrected chi connectivity index (χ0v) is 15.1. The number of rotatable bonds is 6. The molecule has 0 atom stereocenters. The Labute approximate surface area is 153 Å². The van der Waals surface area contributed by atoms with E-state index in [1.165, 1.54) is 23.9 Å². The molecule has 0 aliphatic heterocycles. The third-order valence-corrected chi connectivity index (χ3v) is 4.67. The third kappa shape index (κ3) is 4.30. The highest BCUT2D eigenvalue weighted by molar-refractivity contribution is 7.98. The molecule has 4 nitrogen and oxygen atoms in total. The molecule has 0 unspecified atom stereocenters. The van der Waals surface area contributed by atoms with Crippen LogP contribution in [-0.2, 0) is 18.5 Å². The van der Waals surface area contributed by atoms with Gasteiger partial charge in [-0.3, -0.25) is 4.57 Å². The molecule has 2 heterocycles. The predicted molar refractivity (Wildman–Crippen MR) is 93.6 cm³/mol. The van der Waals surface area contributed by atoms with Gasteiger partial charge in [-0.15, -0.1) is 10.2 Å². The van der Waals surface area contributed by atoms with Gasteiger partial charge in [0, 0.05) is 12.3 Å². The molecule has 0 amide bonds. The molecule has 2 aromatic heterocycles. The van der Waals surface area contributed by atoms with Crippen molar-refractivity contribution in [2.75, 3.05) is 0 Å². The Bertz CT molecular complexity index is 857. The summed E-state index contributed by atoms with van der Waals surface area (Å²) in [5.74, 6) is 1.96. The molecule has 0 aliphatic carbocycles. The molecule has 3 rings (SSSR count). The minimum atomic E-state index is -4.34. The highest BCUT2D eigenvalue weighted by atomic mass is 32.2. The number of furan rings is 1. The van der Waals surface area contributed by atoms with Gasteiger partial charge in [0.1, 0.15) is 0 Å². The smallest absolute Gasteiger partial charge is 0.416 e. The van der Waals surface area contributed by atoms with E-state index in [2.05, 4.69) is 24.0 Å². The number of aromatic nitrogens is 3. The average Bonchev–Trinajstić information content (AvgIpc) is 3.22. The second-order valence-corrected chi connectivity index (χ2v) is 7.22. The Hall–Kier alpha value is -2.22. The molecule has 0 aliphatic rings. The first-order chi connectivity index (χ1) is 12.3. The van der Waals surface area contributed by atoms with Crippen molar-refractivity contribution < 1.29 is 17.6 Å². The van der Waals surface area contributed by atoms with Crippen LogP contribution in [0.4, 0.5) is 13.2 Å². The van der Waals surface area contributed by atoms with Gasteiger partial charge in [0.25, 0.3) is 0 Å². The Balaban J connectivity index is 1.82. The summed E-state index contributed by atoms with van der Waals surface area (Å²) in [5.41, 5.74) is -0.0565. The topological polar surface area (TPSA) is 43.9 Å². The summed E-state index contributed by atoms with van der Waals surface area (Å²) < 4.78 is 45.9. The van der Waals surface area contributed by atoms with Gasteiger partial charge in [0.15, 0.2) is 16.7 Å². The number of nitrogens with zero attached hydrogens (tertiary/aromatic N) is 3. The number of hydrogen-bond acceptors (Lipinski definition) is 4. The lowest BCUT2D eigenvalue weighted by molar-refractivity contribution is -0.137. The monoisotopic (exact) mass is 381 g/mol. The van der Waals surface area contributed by atoms with E-state index < -0.39 is 11.7 Å². The van der Waals surface area contributed by atoms with Crippen molar-refractivity contribution >= 4 is 11.8 Å². The van der Waals surface area contributed by atoms with Crippen molar-refractivity contribution in [2.45, 2.75) is 37.5 Å². The summed E-state index contributed by atoms with van der Waals surface area (Å²) in [6.45, 7) is 4.84. The van der Waals surface area contributed by atoms with E-state index >= 15 is 0 Å². The highest BCUT2D eigenvalue weighted by Crippen LogP contribution is 2.32. The van der Waals surface area contributed by atoms with Crippen LogP contribution in [-0.4, -0.2) is 14.8 Å². The van der Waals surface area contributed by atoms with Gasteiger partial charge < -0.3 is 4.42 Å². The minimum absolute atomic E-state index is 0.354. The molecule has 26 heavy (non-hydrogen) atoms. The van der Waals surface area contributed by atoms with Crippen molar-refractivity contribution in [1.82, 2.24) is 14.8 Å². The zero-order chi connectivity index (χ0) is 18.7. The molecular formula is C18H18F3N3OS. The number of alkyl halides is 3.